The van der Waals surface area contributed by atoms with E-state index in [4.69, 9.17) is 11.6 Å². The summed E-state index contributed by atoms with van der Waals surface area (Å²) in [5, 5.41) is 4.49. The van der Waals surface area contributed by atoms with Crippen molar-refractivity contribution in [3.63, 3.8) is 0 Å². The maximum atomic E-state index is 5.83. The second-order valence-electron chi connectivity index (χ2n) is 2.77. The molecule has 0 bridgehead atoms. The van der Waals surface area contributed by atoms with Crippen LogP contribution in [0.15, 0.2) is 16.2 Å². The lowest BCUT2D eigenvalue weighted by Crippen LogP contribution is -2.21. The minimum atomic E-state index is -0.357. The van der Waals surface area contributed by atoms with E-state index in [1.807, 2.05) is 6.20 Å². The monoisotopic (exact) mass is 192 g/mol. The van der Waals surface area contributed by atoms with Crippen molar-refractivity contribution >= 4 is 27.0 Å². The van der Waals surface area contributed by atoms with Crippen molar-refractivity contribution < 1.29 is 0 Å². The normalized spacial score (nSPS) is 26.8. The molecule has 0 aliphatic carbocycles. The first-order valence-corrected chi connectivity index (χ1v) is 5.71. The van der Waals surface area contributed by atoms with Crippen molar-refractivity contribution in [2.75, 3.05) is 6.26 Å². The van der Waals surface area contributed by atoms with Crippen molar-refractivity contribution in [3.05, 3.63) is 11.2 Å². The van der Waals surface area contributed by atoms with Gasteiger partial charge in [0, 0.05) is 6.04 Å². The van der Waals surface area contributed by atoms with Gasteiger partial charge in [-0.2, -0.15) is 10.9 Å². The van der Waals surface area contributed by atoms with Crippen molar-refractivity contribution in [2.24, 2.45) is 4.99 Å². The van der Waals surface area contributed by atoms with Crippen molar-refractivity contribution in [3.8, 4) is 0 Å². The van der Waals surface area contributed by atoms with Crippen LogP contribution < -0.4 is 5.32 Å². The fourth-order valence-corrected chi connectivity index (χ4v) is 2.25. The summed E-state index contributed by atoms with van der Waals surface area (Å²) in [6.45, 7) is 4.21. The zero-order valence-electron chi connectivity index (χ0n) is 6.93. The fourth-order valence-electron chi connectivity index (χ4n) is 0.817. The molecule has 1 heterocycles. The van der Waals surface area contributed by atoms with Gasteiger partial charge in [0.2, 0.25) is 0 Å². The Hall–Kier alpha value is -0.150. The van der Waals surface area contributed by atoms with Crippen LogP contribution in [-0.2, 0) is 0 Å². The quantitative estimate of drug-likeness (QED) is 0.643. The first kappa shape index (κ1) is 8.94. The lowest BCUT2D eigenvalue weighted by molar-refractivity contribution is 0.694. The highest BCUT2D eigenvalue weighted by Gasteiger charge is 2.14. The zero-order chi connectivity index (χ0) is 8.43. The largest absolute Gasteiger partial charge is 0.378 e. The molecular formula is C7H13ClN2S. The van der Waals surface area contributed by atoms with Gasteiger partial charge in [-0.15, -0.1) is 0 Å². The molecular weight excluding hydrogens is 180 g/mol. The molecule has 0 aromatic rings. The summed E-state index contributed by atoms with van der Waals surface area (Å²) in [5.41, 5.74) is 0. The second-order valence-corrected chi connectivity index (χ2v) is 5.42. The number of nitrogens with zero attached hydrogens (tertiary/aromatic N) is 1. The molecule has 1 aliphatic rings. The molecule has 1 N–H and O–H groups in total. The average molecular weight is 193 g/mol. The standard InChI is InChI=1S/C7H13ClN2S/c1-5(2)10-6-4-9-7(8)11(6)3/h4-5,10-11H,1-3H3. The Bertz CT molecular complexity index is 210. The van der Waals surface area contributed by atoms with Crippen molar-refractivity contribution in [1.82, 2.24) is 5.32 Å². The van der Waals surface area contributed by atoms with Crippen LogP contribution in [-0.4, -0.2) is 16.8 Å². The molecule has 0 aromatic carbocycles. The van der Waals surface area contributed by atoms with Gasteiger partial charge in [0.1, 0.15) is 4.50 Å². The van der Waals surface area contributed by atoms with Gasteiger partial charge in [-0.1, -0.05) is 11.6 Å². The van der Waals surface area contributed by atoms with Crippen LogP contribution >= 0.6 is 22.5 Å². The summed E-state index contributed by atoms with van der Waals surface area (Å²) < 4.78 is 0.739. The third-order valence-corrected chi connectivity index (χ3v) is 3.86. The van der Waals surface area contributed by atoms with Gasteiger partial charge in [0.05, 0.1) is 11.2 Å². The van der Waals surface area contributed by atoms with E-state index in [1.165, 1.54) is 5.03 Å². The minimum Gasteiger partial charge on any atom is -0.378 e. The predicted molar refractivity (Wildman–Crippen MR) is 54.6 cm³/mol. The number of nitrogens with one attached hydrogen (secondary N) is 1. The molecule has 2 nitrogen and oxygen atoms in total. The van der Waals surface area contributed by atoms with Gasteiger partial charge in [-0.05, 0) is 20.1 Å². The Kier molecular flexibility index (Phi) is 2.84. The van der Waals surface area contributed by atoms with Crippen LogP contribution in [0, 0.1) is 0 Å². The zero-order valence-corrected chi connectivity index (χ0v) is 8.58. The molecule has 1 unspecified atom stereocenters. The van der Waals surface area contributed by atoms with Crippen molar-refractivity contribution in [2.45, 2.75) is 19.9 Å². The summed E-state index contributed by atoms with van der Waals surface area (Å²) in [7, 11) is -0.357. The molecule has 1 aliphatic heterocycles. The number of aliphatic imine (C=N–C) groups is 1. The van der Waals surface area contributed by atoms with E-state index in [9.17, 15) is 0 Å². The van der Waals surface area contributed by atoms with Crippen LogP contribution in [0.25, 0.3) is 0 Å². The minimum absolute atomic E-state index is 0.357. The highest BCUT2D eigenvalue weighted by Crippen LogP contribution is 2.37. The summed E-state index contributed by atoms with van der Waals surface area (Å²) in [6, 6.07) is 0.462. The molecule has 0 amide bonds. The Labute approximate surface area is 75.1 Å². The molecule has 0 fully saturated rings. The topological polar surface area (TPSA) is 24.4 Å². The van der Waals surface area contributed by atoms with Gasteiger partial charge in [0.25, 0.3) is 0 Å². The summed E-state index contributed by atoms with van der Waals surface area (Å²) in [6.07, 6.45) is 3.93. The molecule has 11 heavy (non-hydrogen) atoms. The molecule has 0 aromatic heterocycles. The van der Waals surface area contributed by atoms with E-state index in [1.54, 1.807) is 0 Å². The number of halogens is 1. The Balaban J connectivity index is 2.53. The van der Waals surface area contributed by atoms with E-state index in [0.717, 1.165) is 4.50 Å². The fraction of sp³-hybridized carbons (Fsp3) is 0.571. The van der Waals surface area contributed by atoms with Crippen LogP contribution in [0.3, 0.4) is 0 Å². The molecule has 1 rings (SSSR count). The van der Waals surface area contributed by atoms with Gasteiger partial charge in [0.15, 0.2) is 0 Å². The predicted octanol–water partition coefficient (Wildman–Crippen LogP) is 2.02. The highest BCUT2D eigenvalue weighted by molar-refractivity contribution is 8.34. The lowest BCUT2D eigenvalue weighted by atomic mass is 10.4. The highest BCUT2D eigenvalue weighted by atomic mass is 35.5. The number of rotatable bonds is 2. The van der Waals surface area contributed by atoms with Crippen LogP contribution in [0.5, 0.6) is 0 Å². The number of hydrogen-bond acceptors (Lipinski definition) is 2. The summed E-state index contributed by atoms with van der Waals surface area (Å²) in [5.74, 6) is 0. The van der Waals surface area contributed by atoms with Crippen molar-refractivity contribution in [1.29, 1.82) is 0 Å². The molecule has 4 heteroatoms. The first-order valence-electron chi connectivity index (χ1n) is 3.55. The van der Waals surface area contributed by atoms with Gasteiger partial charge < -0.3 is 5.32 Å². The Morgan fingerprint density at radius 3 is 2.64 bits per heavy atom. The van der Waals surface area contributed by atoms with Crippen LogP contribution in [0.1, 0.15) is 13.8 Å². The molecule has 0 radical (unpaired) electrons. The summed E-state index contributed by atoms with van der Waals surface area (Å²) >= 11 is 5.83. The van der Waals surface area contributed by atoms with E-state index < -0.39 is 0 Å². The lowest BCUT2D eigenvalue weighted by Gasteiger charge is -2.17. The Morgan fingerprint density at radius 2 is 2.27 bits per heavy atom. The van der Waals surface area contributed by atoms with E-state index >= 15 is 0 Å². The first-order chi connectivity index (χ1) is 5.11. The van der Waals surface area contributed by atoms with Gasteiger partial charge in [-0.25, -0.2) is 4.99 Å². The van der Waals surface area contributed by atoms with Crippen LogP contribution in [0.4, 0.5) is 0 Å². The molecule has 0 saturated heterocycles. The third-order valence-electron chi connectivity index (χ3n) is 1.37. The third kappa shape index (κ3) is 2.14. The van der Waals surface area contributed by atoms with Crippen LogP contribution in [0.2, 0.25) is 0 Å². The number of thiol groups is 1. The van der Waals surface area contributed by atoms with Gasteiger partial charge >= 0.3 is 0 Å². The van der Waals surface area contributed by atoms with E-state index in [2.05, 4.69) is 30.4 Å². The van der Waals surface area contributed by atoms with E-state index in [-0.39, 0.29) is 10.9 Å². The average Bonchev–Trinajstić information content (AvgIpc) is 2.18. The molecule has 64 valence electrons. The Morgan fingerprint density at radius 1 is 1.64 bits per heavy atom. The maximum Gasteiger partial charge on any atom is 0.148 e. The smallest absolute Gasteiger partial charge is 0.148 e. The maximum absolute atomic E-state index is 5.83. The molecule has 0 saturated carbocycles. The van der Waals surface area contributed by atoms with E-state index in [0.29, 0.717) is 6.04 Å². The SMILES string of the molecule is CC(C)NC1=CN=C(Cl)[SH]1C. The molecule has 0 spiro atoms. The second kappa shape index (κ2) is 3.50. The van der Waals surface area contributed by atoms with Gasteiger partial charge in [-0.3, -0.25) is 0 Å². The summed E-state index contributed by atoms with van der Waals surface area (Å²) in [4.78, 5) is 4.04. The number of hydrogen-bond donors (Lipinski definition) is 2. The molecule has 1 atom stereocenters.